The molecule has 1 aromatic carbocycles. The zero-order chi connectivity index (χ0) is 15.5. The van der Waals surface area contributed by atoms with Gasteiger partial charge in [-0.15, -0.1) is 0 Å². The van der Waals surface area contributed by atoms with Crippen LogP contribution >= 0.6 is 0 Å². The van der Waals surface area contributed by atoms with Gasteiger partial charge in [-0.1, -0.05) is 13.8 Å². The summed E-state index contributed by atoms with van der Waals surface area (Å²) in [6.07, 6.45) is 0. The molecule has 1 aromatic rings. The highest BCUT2D eigenvalue weighted by atomic mass is 16.6. The Morgan fingerprint density at radius 1 is 1.45 bits per heavy atom. The number of nitro groups is 1. The standard InChI is InChI=1S/C13H20N4O3/c1-13(2,7-14)8-16(3)10-5-4-9(12(15)18)6-11(10)17(19)20/h4-6H,7-8,14H2,1-3H3,(H2,15,18). The van der Waals surface area contributed by atoms with E-state index in [0.29, 0.717) is 18.8 Å². The first kappa shape index (κ1) is 15.9. The molecular weight excluding hydrogens is 260 g/mol. The van der Waals surface area contributed by atoms with Crippen LogP contribution in [0.1, 0.15) is 24.2 Å². The van der Waals surface area contributed by atoms with Crippen molar-refractivity contribution in [2.75, 3.05) is 25.0 Å². The van der Waals surface area contributed by atoms with E-state index in [1.807, 2.05) is 13.8 Å². The average Bonchev–Trinajstić information content (AvgIpc) is 2.37. The number of benzene rings is 1. The quantitative estimate of drug-likeness (QED) is 0.598. The summed E-state index contributed by atoms with van der Waals surface area (Å²) in [5.74, 6) is -0.690. The fraction of sp³-hybridized carbons (Fsp3) is 0.462. The molecule has 0 aliphatic rings. The molecule has 0 atom stereocenters. The zero-order valence-electron chi connectivity index (χ0n) is 11.9. The number of anilines is 1. The molecule has 4 N–H and O–H groups in total. The van der Waals surface area contributed by atoms with Gasteiger partial charge in [0.2, 0.25) is 5.91 Å². The minimum absolute atomic E-state index is 0.118. The van der Waals surface area contributed by atoms with Gasteiger partial charge < -0.3 is 16.4 Å². The van der Waals surface area contributed by atoms with Crippen LogP contribution in [0, 0.1) is 15.5 Å². The highest BCUT2D eigenvalue weighted by molar-refractivity contribution is 5.94. The van der Waals surface area contributed by atoms with E-state index in [4.69, 9.17) is 11.5 Å². The summed E-state index contributed by atoms with van der Waals surface area (Å²) in [5, 5.41) is 11.1. The van der Waals surface area contributed by atoms with Crippen molar-refractivity contribution in [1.29, 1.82) is 0 Å². The van der Waals surface area contributed by atoms with Crippen LogP contribution in [0.2, 0.25) is 0 Å². The number of rotatable bonds is 6. The third kappa shape index (κ3) is 3.67. The van der Waals surface area contributed by atoms with E-state index in [0.717, 1.165) is 0 Å². The van der Waals surface area contributed by atoms with Crippen LogP contribution in [0.4, 0.5) is 11.4 Å². The molecule has 0 saturated heterocycles. The lowest BCUT2D eigenvalue weighted by atomic mass is 9.93. The fourth-order valence-corrected chi connectivity index (χ4v) is 1.94. The lowest BCUT2D eigenvalue weighted by Gasteiger charge is -2.30. The molecule has 7 nitrogen and oxygen atoms in total. The van der Waals surface area contributed by atoms with Gasteiger partial charge >= 0.3 is 0 Å². The highest BCUT2D eigenvalue weighted by Gasteiger charge is 2.24. The second-order valence-electron chi connectivity index (χ2n) is 5.55. The number of hydrogen-bond acceptors (Lipinski definition) is 5. The summed E-state index contributed by atoms with van der Waals surface area (Å²) in [6.45, 7) is 4.98. The van der Waals surface area contributed by atoms with Crippen molar-refractivity contribution in [3.05, 3.63) is 33.9 Å². The van der Waals surface area contributed by atoms with Crippen molar-refractivity contribution in [3.63, 3.8) is 0 Å². The van der Waals surface area contributed by atoms with Crippen molar-refractivity contribution in [2.24, 2.45) is 16.9 Å². The molecule has 0 fully saturated rings. The monoisotopic (exact) mass is 280 g/mol. The predicted molar refractivity (Wildman–Crippen MR) is 77.7 cm³/mol. The number of nitrogens with two attached hydrogens (primary N) is 2. The molecule has 0 bridgehead atoms. The van der Waals surface area contributed by atoms with Crippen LogP contribution < -0.4 is 16.4 Å². The van der Waals surface area contributed by atoms with Gasteiger partial charge in [0.15, 0.2) is 0 Å². The van der Waals surface area contributed by atoms with Crippen molar-refractivity contribution in [2.45, 2.75) is 13.8 Å². The smallest absolute Gasteiger partial charge is 0.293 e. The molecule has 0 aliphatic heterocycles. The first-order valence-corrected chi connectivity index (χ1v) is 6.17. The number of nitro benzene ring substituents is 1. The molecule has 1 amide bonds. The summed E-state index contributed by atoms with van der Waals surface area (Å²) in [7, 11) is 1.75. The van der Waals surface area contributed by atoms with Crippen molar-refractivity contribution >= 4 is 17.3 Å². The third-order valence-corrected chi connectivity index (χ3v) is 3.09. The van der Waals surface area contributed by atoms with E-state index >= 15 is 0 Å². The van der Waals surface area contributed by atoms with E-state index in [1.54, 1.807) is 11.9 Å². The summed E-state index contributed by atoms with van der Waals surface area (Å²) in [4.78, 5) is 23.5. The third-order valence-electron chi connectivity index (χ3n) is 3.09. The largest absolute Gasteiger partial charge is 0.368 e. The van der Waals surface area contributed by atoms with E-state index < -0.39 is 10.8 Å². The molecule has 110 valence electrons. The maximum absolute atomic E-state index is 11.1. The molecule has 0 aromatic heterocycles. The molecule has 0 heterocycles. The lowest BCUT2D eigenvalue weighted by molar-refractivity contribution is -0.384. The molecule has 0 radical (unpaired) electrons. The Kier molecular flexibility index (Phi) is 4.67. The van der Waals surface area contributed by atoms with Gasteiger partial charge in [-0.3, -0.25) is 14.9 Å². The molecule has 0 spiro atoms. The van der Waals surface area contributed by atoms with Crippen LogP contribution in [-0.2, 0) is 0 Å². The number of carbonyl (C=O) groups is 1. The van der Waals surface area contributed by atoms with Crippen LogP contribution in [0.3, 0.4) is 0 Å². The normalized spacial score (nSPS) is 11.2. The van der Waals surface area contributed by atoms with Gasteiger partial charge in [-0.2, -0.15) is 0 Å². The molecule has 20 heavy (non-hydrogen) atoms. The number of primary amides is 1. The Balaban J connectivity index is 3.17. The van der Waals surface area contributed by atoms with E-state index in [9.17, 15) is 14.9 Å². The van der Waals surface area contributed by atoms with E-state index in [2.05, 4.69) is 0 Å². The Labute approximate surface area is 117 Å². The van der Waals surface area contributed by atoms with Crippen molar-refractivity contribution in [1.82, 2.24) is 0 Å². The second kappa shape index (κ2) is 5.87. The molecule has 0 aliphatic carbocycles. The number of amides is 1. The minimum Gasteiger partial charge on any atom is -0.368 e. The number of carbonyl (C=O) groups excluding carboxylic acids is 1. The molecule has 0 unspecified atom stereocenters. The molecule has 1 rings (SSSR count). The molecular formula is C13H20N4O3. The molecule has 7 heteroatoms. The maximum Gasteiger partial charge on any atom is 0.293 e. The van der Waals surface area contributed by atoms with E-state index in [1.165, 1.54) is 18.2 Å². The van der Waals surface area contributed by atoms with Gasteiger partial charge in [0.05, 0.1) is 4.92 Å². The number of nitrogens with zero attached hydrogens (tertiary/aromatic N) is 2. The Morgan fingerprint density at radius 2 is 2.05 bits per heavy atom. The minimum atomic E-state index is -0.690. The van der Waals surface area contributed by atoms with E-state index in [-0.39, 0.29) is 16.7 Å². The summed E-state index contributed by atoms with van der Waals surface area (Å²) in [6, 6.07) is 4.21. The highest BCUT2D eigenvalue weighted by Crippen LogP contribution is 2.30. The second-order valence-corrected chi connectivity index (χ2v) is 5.55. The van der Waals surface area contributed by atoms with Crippen LogP contribution in [0.15, 0.2) is 18.2 Å². The SMILES string of the molecule is CN(CC(C)(C)CN)c1ccc(C(N)=O)cc1[N+](=O)[O-]. The Morgan fingerprint density at radius 3 is 2.50 bits per heavy atom. The lowest BCUT2D eigenvalue weighted by Crippen LogP contribution is -2.37. The van der Waals surface area contributed by atoms with Gasteiger partial charge in [0.25, 0.3) is 5.69 Å². The van der Waals surface area contributed by atoms with Crippen LogP contribution in [0.25, 0.3) is 0 Å². The Hall–Kier alpha value is -2.15. The topological polar surface area (TPSA) is 115 Å². The average molecular weight is 280 g/mol. The van der Waals surface area contributed by atoms with Gasteiger partial charge in [-0.05, 0) is 24.1 Å². The fourth-order valence-electron chi connectivity index (χ4n) is 1.94. The maximum atomic E-state index is 11.1. The van der Waals surface area contributed by atoms with Crippen molar-refractivity contribution in [3.8, 4) is 0 Å². The summed E-state index contributed by atoms with van der Waals surface area (Å²) >= 11 is 0. The summed E-state index contributed by atoms with van der Waals surface area (Å²) < 4.78 is 0. The van der Waals surface area contributed by atoms with Crippen LogP contribution in [0.5, 0.6) is 0 Å². The first-order valence-electron chi connectivity index (χ1n) is 6.17. The summed E-state index contributed by atoms with van der Waals surface area (Å²) in [5.41, 5.74) is 11.0. The zero-order valence-corrected chi connectivity index (χ0v) is 11.9. The van der Waals surface area contributed by atoms with Gasteiger partial charge in [0, 0.05) is 25.2 Å². The van der Waals surface area contributed by atoms with Crippen molar-refractivity contribution < 1.29 is 9.72 Å². The van der Waals surface area contributed by atoms with Gasteiger partial charge in [-0.25, -0.2) is 0 Å². The van der Waals surface area contributed by atoms with Gasteiger partial charge in [0.1, 0.15) is 5.69 Å². The molecule has 0 saturated carbocycles. The predicted octanol–water partition coefficient (Wildman–Crippen LogP) is 1.11. The first-order chi connectivity index (χ1) is 9.18. The van der Waals surface area contributed by atoms with Crippen LogP contribution in [-0.4, -0.2) is 31.0 Å². The number of hydrogen-bond donors (Lipinski definition) is 2. The Bertz CT molecular complexity index is 528.